The van der Waals surface area contributed by atoms with Gasteiger partial charge in [0.1, 0.15) is 0 Å². The first-order valence-electron chi connectivity index (χ1n) is 10.0. The molecule has 1 N–H and O–H groups in total. The van der Waals surface area contributed by atoms with Crippen LogP contribution < -0.4 is 5.32 Å². The number of carbonyl (C=O) groups is 2. The van der Waals surface area contributed by atoms with Gasteiger partial charge in [-0.05, 0) is 31.0 Å². The molecule has 0 radical (unpaired) electrons. The van der Waals surface area contributed by atoms with Crippen LogP contribution in [0.1, 0.15) is 36.5 Å². The number of nitrogens with zero attached hydrogens (tertiary/aromatic N) is 2. The van der Waals surface area contributed by atoms with Crippen LogP contribution in [0.5, 0.6) is 0 Å². The molecule has 9 nitrogen and oxygen atoms in total. The number of carbonyl (C=O) groups excluding carboxylic acids is 2. The molecule has 2 aliphatic rings. The van der Waals surface area contributed by atoms with E-state index in [4.69, 9.17) is 0 Å². The molecule has 0 spiro atoms. The van der Waals surface area contributed by atoms with Crippen molar-refractivity contribution < 1.29 is 26.4 Å². The van der Waals surface area contributed by atoms with Gasteiger partial charge in [-0.2, -0.15) is 4.31 Å². The van der Waals surface area contributed by atoms with Gasteiger partial charge in [-0.3, -0.25) is 9.59 Å². The Morgan fingerprint density at radius 2 is 2.10 bits per heavy atom. The Hall–Kier alpha value is -1.98. The van der Waals surface area contributed by atoms with Gasteiger partial charge in [0.2, 0.25) is 15.9 Å². The van der Waals surface area contributed by atoms with Crippen LogP contribution >= 0.6 is 0 Å². The highest BCUT2D eigenvalue weighted by molar-refractivity contribution is 7.91. The van der Waals surface area contributed by atoms with Crippen LogP contribution in [0.25, 0.3) is 0 Å². The van der Waals surface area contributed by atoms with E-state index in [0.29, 0.717) is 13.0 Å². The van der Waals surface area contributed by atoms with Crippen molar-refractivity contribution in [3.8, 4) is 0 Å². The van der Waals surface area contributed by atoms with Crippen molar-refractivity contribution >= 4 is 31.7 Å². The average molecular weight is 458 g/mol. The van der Waals surface area contributed by atoms with E-state index in [1.807, 2.05) is 6.92 Å². The van der Waals surface area contributed by atoms with Crippen molar-refractivity contribution in [3.63, 3.8) is 0 Å². The molecule has 2 fully saturated rings. The fraction of sp³-hybridized carbons (Fsp3) is 0.579. The Labute approximate surface area is 177 Å². The highest BCUT2D eigenvalue weighted by atomic mass is 32.2. The zero-order chi connectivity index (χ0) is 21.9. The lowest BCUT2D eigenvalue weighted by Gasteiger charge is -2.29. The van der Waals surface area contributed by atoms with E-state index >= 15 is 0 Å². The molecule has 1 aromatic rings. The van der Waals surface area contributed by atoms with Crippen LogP contribution in [0.2, 0.25) is 0 Å². The first-order chi connectivity index (χ1) is 14.1. The summed E-state index contributed by atoms with van der Waals surface area (Å²) in [6.07, 6.45) is 1.95. The number of hydrogen-bond donors (Lipinski definition) is 1. The van der Waals surface area contributed by atoms with E-state index in [9.17, 15) is 26.4 Å². The van der Waals surface area contributed by atoms with Crippen LogP contribution in [-0.2, 0) is 24.7 Å². The van der Waals surface area contributed by atoms with E-state index in [-0.39, 0.29) is 53.4 Å². The fourth-order valence-electron chi connectivity index (χ4n) is 3.72. The summed E-state index contributed by atoms with van der Waals surface area (Å²) >= 11 is 0. The summed E-state index contributed by atoms with van der Waals surface area (Å²) in [4.78, 5) is 26.3. The summed E-state index contributed by atoms with van der Waals surface area (Å²) in [7, 11) is -7.09. The van der Waals surface area contributed by atoms with E-state index < -0.39 is 25.9 Å². The molecule has 2 saturated heterocycles. The van der Waals surface area contributed by atoms with Crippen molar-refractivity contribution in [2.75, 3.05) is 37.7 Å². The highest BCUT2D eigenvalue weighted by Gasteiger charge is 2.35. The molecule has 166 valence electrons. The molecule has 2 amide bonds. The molecule has 0 aromatic heterocycles. The first-order valence-corrected chi connectivity index (χ1v) is 13.3. The molecule has 0 aliphatic carbocycles. The fourth-order valence-corrected chi connectivity index (χ4v) is 6.90. The lowest BCUT2D eigenvalue weighted by atomic mass is 10.1. The van der Waals surface area contributed by atoms with Crippen molar-refractivity contribution in [2.24, 2.45) is 0 Å². The lowest BCUT2D eigenvalue weighted by Crippen LogP contribution is -2.49. The second-order valence-corrected chi connectivity index (χ2v) is 11.8. The second-order valence-electron chi connectivity index (χ2n) is 7.63. The van der Waals surface area contributed by atoms with Gasteiger partial charge in [-0.15, -0.1) is 0 Å². The number of amides is 2. The predicted octanol–water partition coefficient (Wildman–Crippen LogP) is 0.237. The van der Waals surface area contributed by atoms with Gasteiger partial charge in [-0.1, -0.05) is 19.4 Å². The van der Waals surface area contributed by atoms with Gasteiger partial charge in [-0.25, -0.2) is 16.8 Å². The average Bonchev–Trinajstić information content (AvgIpc) is 3.07. The van der Waals surface area contributed by atoms with Gasteiger partial charge in [0.15, 0.2) is 9.84 Å². The largest absolute Gasteiger partial charge is 0.354 e. The number of hydrogen-bond acceptors (Lipinski definition) is 6. The molecule has 3 rings (SSSR count). The Balaban J connectivity index is 1.87. The highest BCUT2D eigenvalue weighted by Crippen LogP contribution is 2.23. The summed E-state index contributed by atoms with van der Waals surface area (Å²) < 4.78 is 50.8. The van der Waals surface area contributed by atoms with Gasteiger partial charge in [0, 0.05) is 31.2 Å². The standard InChI is InChI=1S/C19H27N3O6S2/c1-2-3-9-22(16-7-11-29(25,26)14-16)19(24)15-5-4-6-17(12-15)30(27,28)21-10-8-20-18(23)13-21/h4-6,12,16H,2-3,7-11,13-14H2,1H3,(H,20,23). The minimum atomic E-state index is -3.93. The van der Waals surface area contributed by atoms with Crippen LogP contribution in [-0.4, -0.2) is 81.6 Å². The third-order valence-corrected chi connectivity index (χ3v) is 8.98. The maximum Gasteiger partial charge on any atom is 0.254 e. The molecule has 1 unspecified atom stereocenters. The lowest BCUT2D eigenvalue weighted by molar-refractivity contribution is -0.122. The Morgan fingerprint density at radius 3 is 2.73 bits per heavy atom. The molecule has 0 bridgehead atoms. The van der Waals surface area contributed by atoms with Crippen molar-refractivity contribution in [1.29, 1.82) is 0 Å². The number of sulfone groups is 1. The molecule has 2 heterocycles. The first kappa shape index (κ1) is 22.7. The number of benzene rings is 1. The van der Waals surface area contributed by atoms with Gasteiger partial charge in [0.25, 0.3) is 5.91 Å². The number of piperazine rings is 1. The molecular formula is C19H27N3O6S2. The van der Waals surface area contributed by atoms with Gasteiger partial charge in [0.05, 0.1) is 22.9 Å². The Bertz CT molecular complexity index is 1020. The zero-order valence-corrected chi connectivity index (χ0v) is 18.5. The predicted molar refractivity (Wildman–Crippen MR) is 111 cm³/mol. The molecule has 11 heteroatoms. The van der Waals surface area contributed by atoms with Gasteiger partial charge >= 0.3 is 0 Å². The van der Waals surface area contributed by atoms with Crippen LogP contribution in [0.3, 0.4) is 0 Å². The molecule has 1 aromatic carbocycles. The molecule has 30 heavy (non-hydrogen) atoms. The third-order valence-electron chi connectivity index (χ3n) is 5.38. The van der Waals surface area contributed by atoms with E-state index in [1.165, 1.54) is 24.3 Å². The van der Waals surface area contributed by atoms with Gasteiger partial charge < -0.3 is 10.2 Å². The van der Waals surface area contributed by atoms with E-state index in [0.717, 1.165) is 17.1 Å². The molecule has 0 saturated carbocycles. The van der Waals surface area contributed by atoms with E-state index in [1.54, 1.807) is 4.90 Å². The quantitative estimate of drug-likeness (QED) is 0.626. The topological polar surface area (TPSA) is 121 Å². The second kappa shape index (κ2) is 9.03. The molecule has 2 aliphatic heterocycles. The number of nitrogens with one attached hydrogen (secondary N) is 1. The number of unbranched alkanes of at least 4 members (excludes halogenated alkanes) is 1. The minimum Gasteiger partial charge on any atom is -0.354 e. The maximum atomic E-state index is 13.2. The SMILES string of the molecule is CCCCN(C(=O)c1cccc(S(=O)(=O)N2CCNC(=O)C2)c1)C1CCS(=O)(=O)C1. The third kappa shape index (κ3) is 5.01. The minimum absolute atomic E-state index is 0.0546. The molecular weight excluding hydrogens is 430 g/mol. The Morgan fingerprint density at radius 1 is 1.33 bits per heavy atom. The van der Waals surface area contributed by atoms with Crippen LogP contribution in [0.15, 0.2) is 29.2 Å². The smallest absolute Gasteiger partial charge is 0.254 e. The van der Waals surface area contributed by atoms with Crippen LogP contribution in [0, 0.1) is 0 Å². The number of rotatable bonds is 7. The normalized spacial score (nSPS) is 21.9. The monoisotopic (exact) mass is 457 g/mol. The van der Waals surface area contributed by atoms with Crippen molar-refractivity contribution in [2.45, 2.75) is 37.1 Å². The zero-order valence-electron chi connectivity index (χ0n) is 16.9. The van der Waals surface area contributed by atoms with E-state index in [2.05, 4.69) is 5.32 Å². The molecule has 1 atom stereocenters. The summed E-state index contributed by atoms with van der Waals surface area (Å²) in [6, 6.07) is 5.34. The van der Waals surface area contributed by atoms with Crippen LogP contribution in [0.4, 0.5) is 0 Å². The Kier molecular flexibility index (Phi) is 6.83. The summed E-state index contributed by atoms with van der Waals surface area (Å²) in [6.45, 7) is 2.53. The number of sulfonamides is 1. The van der Waals surface area contributed by atoms with Crippen molar-refractivity contribution in [1.82, 2.24) is 14.5 Å². The summed E-state index contributed by atoms with van der Waals surface area (Å²) in [5.74, 6) is -0.758. The van der Waals surface area contributed by atoms with Crippen molar-refractivity contribution in [3.05, 3.63) is 29.8 Å². The maximum absolute atomic E-state index is 13.2. The summed E-state index contributed by atoms with van der Waals surface area (Å²) in [5, 5.41) is 2.58. The summed E-state index contributed by atoms with van der Waals surface area (Å²) in [5.41, 5.74) is 0.193.